The van der Waals surface area contributed by atoms with Crippen LogP contribution in [0.1, 0.15) is 29.3 Å². The Hall–Kier alpha value is -1.88. The minimum Gasteiger partial charge on any atom is -0.478 e. The van der Waals surface area contributed by atoms with Crippen LogP contribution in [0.25, 0.3) is 6.08 Å². The molecule has 0 spiro atoms. The second-order valence-corrected chi connectivity index (χ2v) is 3.70. The van der Waals surface area contributed by atoms with E-state index in [-0.39, 0.29) is 23.1 Å². The highest BCUT2D eigenvalue weighted by molar-refractivity contribution is 6.29. The molecular weight excluding hydrogens is 258 g/mol. The summed E-state index contributed by atoms with van der Waals surface area (Å²) in [5.74, 6) is -1.47. The summed E-state index contributed by atoms with van der Waals surface area (Å²) in [6, 6.07) is 1.26. The SMILES string of the molecule is CCOC(=O)CC=Cc1cnc(Cl)cc1C(=O)O. The molecule has 0 unspecified atom stereocenters. The van der Waals surface area contributed by atoms with Gasteiger partial charge in [0.15, 0.2) is 0 Å². The second-order valence-electron chi connectivity index (χ2n) is 3.31. The third-order valence-electron chi connectivity index (χ3n) is 2.02. The first-order chi connectivity index (χ1) is 8.54. The minimum absolute atomic E-state index is 0.0371. The van der Waals surface area contributed by atoms with E-state index in [1.807, 2.05) is 0 Å². The van der Waals surface area contributed by atoms with Crippen LogP contribution in [-0.2, 0) is 9.53 Å². The lowest BCUT2D eigenvalue weighted by Crippen LogP contribution is -2.02. The zero-order valence-corrected chi connectivity index (χ0v) is 10.5. The van der Waals surface area contributed by atoms with Crippen molar-refractivity contribution in [3.63, 3.8) is 0 Å². The van der Waals surface area contributed by atoms with E-state index in [1.54, 1.807) is 6.92 Å². The van der Waals surface area contributed by atoms with Gasteiger partial charge in [-0.05, 0) is 13.0 Å². The van der Waals surface area contributed by atoms with Gasteiger partial charge in [0.1, 0.15) is 5.15 Å². The van der Waals surface area contributed by atoms with E-state index < -0.39 is 5.97 Å². The Kier molecular flexibility index (Phi) is 5.32. The highest BCUT2D eigenvalue weighted by Gasteiger charge is 2.09. The molecule has 1 N–H and O–H groups in total. The molecule has 96 valence electrons. The van der Waals surface area contributed by atoms with Crippen molar-refractivity contribution in [3.8, 4) is 0 Å². The average molecular weight is 270 g/mol. The van der Waals surface area contributed by atoms with Crippen molar-refractivity contribution in [2.24, 2.45) is 0 Å². The Morgan fingerprint density at radius 2 is 2.28 bits per heavy atom. The minimum atomic E-state index is -1.10. The van der Waals surface area contributed by atoms with Gasteiger partial charge in [0.05, 0.1) is 18.6 Å². The van der Waals surface area contributed by atoms with Gasteiger partial charge < -0.3 is 9.84 Å². The summed E-state index contributed by atoms with van der Waals surface area (Å²) in [6.07, 6.45) is 4.45. The maximum Gasteiger partial charge on any atom is 0.336 e. The molecule has 0 aromatic carbocycles. The molecule has 1 aromatic rings. The fraction of sp³-hybridized carbons (Fsp3) is 0.250. The number of aromatic carboxylic acids is 1. The van der Waals surface area contributed by atoms with Crippen molar-refractivity contribution in [1.29, 1.82) is 0 Å². The molecular formula is C12H12ClNO4. The van der Waals surface area contributed by atoms with Gasteiger partial charge in [-0.2, -0.15) is 0 Å². The van der Waals surface area contributed by atoms with E-state index in [2.05, 4.69) is 4.98 Å². The number of carbonyl (C=O) groups is 2. The molecule has 6 heteroatoms. The van der Waals surface area contributed by atoms with Crippen molar-refractivity contribution >= 4 is 29.6 Å². The Bertz CT molecular complexity index is 485. The number of esters is 1. The van der Waals surface area contributed by atoms with Crippen LogP contribution in [0.2, 0.25) is 5.15 Å². The standard InChI is InChI=1S/C12H12ClNO4/c1-2-18-11(15)5-3-4-8-7-14-10(13)6-9(8)12(16)17/h3-4,6-7H,2,5H2,1H3,(H,16,17). The predicted octanol–water partition coefficient (Wildman–Crippen LogP) is 2.40. The van der Waals surface area contributed by atoms with E-state index in [1.165, 1.54) is 24.4 Å². The Morgan fingerprint density at radius 1 is 1.56 bits per heavy atom. The molecule has 0 aliphatic heterocycles. The molecule has 0 amide bonds. The van der Waals surface area contributed by atoms with E-state index >= 15 is 0 Å². The molecule has 0 fully saturated rings. The molecule has 5 nitrogen and oxygen atoms in total. The third kappa shape index (κ3) is 4.18. The van der Waals surface area contributed by atoms with Gasteiger partial charge in [-0.3, -0.25) is 4.79 Å². The molecule has 0 bridgehead atoms. The summed E-state index contributed by atoms with van der Waals surface area (Å²) in [7, 11) is 0. The topological polar surface area (TPSA) is 76.5 Å². The van der Waals surface area contributed by atoms with Crippen LogP contribution in [0.15, 0.2) is 18.3 Å². The van der Waals surface area contributed by atoms with Gasteiger partial charge >= 0.3 is 11.9 Å². The maximum atomic E-state index is 11.1. The molecule has 1 aromatic heterocycles. The highest BCUT2D eigenvalue weighted by atomic mass is 35.5. The van der Waals surface area contributed by atoms with Crippen LogP contribution < -0.4 is 0 Å². The summed E-state index contributed by atoms with van der Waals surface area (Å²) in [5.41, 5.74) is 0.423. The number of nitrogens with zero attached hydrogens (tertiary/aromatic N) is 1. The van der Waals surface area contributed by atoms with E-state index in [9.17, 15) is 9.59 Å². The summed E-state index contributed by atoms with van der Waals surface area (Å²) in [4.78, 5) is 25.8. The molecule has 0 aliphatic carbocycles. The van der Waals surface area contributed by atoms with Gasteiger partial charge in [0.25, 0.3) is 0 Å². The van der Waals surface area contributed by atoms with Crippen molar-refractivity contribution in [2.45, 2.75) is 13.3 Å². The summed E-state index contributed by atoms with van der Waals surface area (Å²) >= 11 is 5.61. The van der Waals surface area contributed by atoms with Crippen molar-refractivity contribution in [1.82, 2.24) is 4.98 Å². The Morgan fingerprint density at radius 3 is 2.89 bits per heavy atom. The number of halogens is 1. The molecule has 1 heterocycles. The highest BCUT2D eigenvalue weighted by Crippen LogP contribution is 2.15. The summed E-state index contributed by atoms with van der Waals surface area (Å²) < 4.78 is 4.73. The molecule has 0 radical (unpaired) electrons. The van der Waals surface area contributed by atoms with Crippen LogP contribution >= 0.6 is 11.6 Å². The first kappa shape index (κ1) is 14.2. The molecule has 0 saturated heterocycles. The van der Waals surface area contributed by atoms with Crippen LogP contribution in [0.5, 0.6) is 0 Å². The third-order valence-corrected chi connectivity index (χ3v) is 2.23. The van der Waals surface area contributed by atoms with E-state index in [4.69, 9.17) is 21.4 Å². The zero-order chi connectivity index (χ0) is 13.5. The predicted molar refractivity (Wildman–Crippen MR) is 66.5 cm³/mol. The number of hydrogen-bond acceptors (Lipinski definition) is 4. The van der Waals surface area contributed by atoms with Crippen LogP contribution in [0, 0.1) is 0 Å². The van der Waals surface area contributed by atoms with Crippen LogP contribution in [0.3, 0.4) is 0 Å². The van der Waals surface area contributed by atoms with E-state index in [0.29, 0.717) is 12.2 Å². The lowest BCUT2D eigenvalue weighted by atomic mass is 10.1. The quantitative estimate of drug-likeness (QED) is 0.656. The normalized spacial score (nSPS) is 10.6. The fourth-order valence-corrected chi connectivity index (χ4v) is 1.42. The number of carbonyl (C=O) groups excluding carboxylic acids is 1. The largest absolute Gasteiger partial charge is 0.478 e. The molecule has 0 atom stereocenters. The van der Waals surface area contributed by atoms with Crippen LogP contribution in [0.4, 0.5) is 0 Å². The van der Waals surface area contributed by atoms with Gasteiger partial charge in [-0.1, -0.05) is 23.8 Å². The maximum absolute atomic E-state index is 11.1. The molecule has 0 aliphatic rings. The first-order valence-electron chi connectivity index (χ1n) is 5.25. The smallest absolute Gasteiger partial charge is 0.336 e. The lowest BCUT2D eigenvalue weighted by Gasteiger charge is -2.01. The van der Waals surface area contributed by atoms with Crippen molar-refractivity contribution < 1.29 is 19.4 Å². The molecule has 0 saturated carbocycles. The number of ether oxygens (including phenoxy) is 1. The van der Waals surface area contributed by atoms with Gasteiger partial charge in [0, 0.05) is 11.8 Å². The molecule has 1 rings (SSSR count). The Labute approximate surface area is 109 Å². The van der Waals surface area contributed by atoms with Gasteiger partial charge in [-0.15, -0.1) is 0 Å². The monoisotopic (exact) mass is 269 g/mol. The molecule has 18 heavy (non-hydrogen) atoms. The van der Waals surface area contributed by atoms with E-state index in [0.717, 1.165) is 0 Å². The lowest BCUT2D eigenvalue weighted by molar-refractivity contribution is -0.142. The fourth-order valence-electron chi connectivity index (χ4n) is 1.26. The number of aromatic nitrogens is 1. The number of carboxylic acids is 1. The first-order valence-corrected chi connectivity index (χ1v) is 5.63. The van der Waals surface area contributed by atoms with Gasteiger partial charge in [-0.25, -0.2) is 9.78 Å². The number of pyridine rings is 1. The zero-order valence-electron chi connectivity index (χ0n) is 9.72. The Balaban J connectivity index is 2.81. The van der Waals surface area contributed by atoms with Crippen LogP contribution in [-0.4, -0.2) is 28.6 Å². The summed E-state index contributed by atoms with van der Waals surface area (Å²) in [6.45, 7) is 2.03. The number of hydrogen-bond donors (Lipinski definition) is 1. The van der Waals surface area contributed by atoms with Crippen molar-refractivity contribution in [3.05, 3.63) is 34.6 Å². The van der Waals surface area contributed by atoms with Gasteiger partial charge in [0.2, 0.25) is 0 Å². The second kappa shape index (κ2) is 6.76. The number of carboxylic acid groups (broad SMARTS) is 1. The number of rotatable bonds is 5. The van der Waals surface area contributed by atoms with Crippen molar-refractivity contribution in [2.75, 3.05) is 6.61 Å². The average Bonchev–Trinajstić information content (AvgIpc) is 2.31. The summed E-state index contributed by atoms with van der Waals surface area (Å²) in [5, 5.41) is 9.08.